The van der Waals surface area contributed by atoms with E-state index in [1.54, 1.807) is 11.1 Å². The van der Waals surface area contributed by atoms with Crippen molar-refractivity contribution in [1.29, 1.82) is 0 Å². The van der Waals surface area contributed by atoms with Crippen LogP contribution in [0, 0.1) is 5.82 Å². The highest BCUT2D eigenvalue weighted by molar-refractivity contribution is 5.67. The van der Waals surface area contributed by atoms with Crippen LogP contribution in [0.1, 0.15) is 51.2 Å². The highest BCUT2D eigenvalue weighted by Gasteiger charge is 2.46. The first-order valence-electron chi connectivity index (χ1n) is 8.96. The monoisotopic (exact) mass is 364 g/mol. The maximum Gasteiger partial charge on any atom is 0.408 e. The Morgan fingerprint density at radius 2 is 2.04 bits per heavy atom. The Bertz CT molecular complexity index is 704. The average molecular weight is 364 g/mol. The van der Waals surface area contributed by atoms with Gasteiger partial charge >= 0.3 is 6.09 Å². The van der Waals surface area contributed by atoms with Gasteiger partial charge < -0.3 is 10.2 Å². The van der Waals surface area contributed by atoms with Gasteiger partial charge in [0.05, 0.1) is 6.04 Å². The largest absolute Gasteiger partial charge is 0.465 e. The van der Waals surface area contributed by atoms with E-state index in [0.29, 0.717) is 12.8 Å². The molecule has 0 spiro atoms. The molecule has 2 fully saturated rings. The van der Waals surface area contributed by atoms with Gasteiger partial charge in [-0.3, -0.25) is 9.91 Å². The molecule has 1 amide bonds. The summed E-state index contributed by atoms with van der Waals surface area (Å²) in [5, 5.41) is 30.1. The van der Waals surface area contributed by atoms with E-state index in [1.165, 1.54) is 17.0 Å². The van der Waals surface area contributed by atoms with Crippen LogP contribution in [-0.2, 0) is 0 Å². The predicted molar refractivity (Wildman–Crippen MR) is 93.6 cm³/mol. The fourth-order valence-corrected chi connectivity index (χ4v) is 3.85. The molecule has 8 heteroatoms. The number of hydrogen-bond donors (Lipinski definition) is 2. The third kappa shape index (κ3) is 3.51. The molecule has 7 nitrogen and oxygen atoms in total. The Balaban J connectivity index is 1.84. The molecular formula is C18H25FN4O3. The van der Waals surface area contributed by atoms with Gasteiger partial charge in [0.2, 0.25) is 0 Å². The number of carbonyl (C=O) groups is 1. The van der Waals surface area contributed by atoms with Crippen LogP contribution < -0.4 is 0 Å². The molecule has 0 radical (unpaired) electrons. The van der Waals surface area contributed by atoms with Gasteiger partial charge in [-0.25, -0.2) is 9.18 Å². The van der Waals surface area contributed by atoms with Crippen LogP contribution >= 0.6 is 0 Å². The zero-order valence-electron chi connectivity index (χ0n) is 15.1. The van der Waals surface area contributed by atoms with Crippen molar-refractivity contribution in [3.63, 3.8) is 0 Å². The van der Waals surface area contributed by atoms with Crippen LogP contribution in [0.15, 0.2) is 28.5 Å². The van der Waals surface area contributed by atoms with Gasteiger partial charge in [0.1, 0.15) is 11.8 Å². The SMILES string of the molecule is CC1(C)CCC([C@H](O)c2cccc(N=NN3CCCC3)c2F)N1C(=O)O. The highest BCUT2D eigenvalue weighted by Crippen LogP contribution is 2.40. The van der Waals surface area contributed by atoms with E-state index >= 15 is 0 Å². The minimum Gasteiger partial charge on any atom is -0.465 e. The number of rotatable bonds is 4. The quantitative estimate of drug-likeness (QED) is 0.794. The first-order chi connectivity index (χ1) is 12.3. The first kappa shape index (κ1) is 18.6. The van der Waals surface area contributed by atoms with Crippen molar-refractivity contribution in [2.45, 2.75) is 57.2 Å². The number of aliphatic hydroxyl groups excluding tert-OH is 1. The standard InChI is InChI=1S/C18H25FN4O3/c1-18(2)9-8-14(23(18)17(25)26)16(24)12-6-5-7-13(15(12)19)20-21-22-10-3-4-11-22/h5-7,14,16,24H,3-4,8-11H2,1-2H3,(H,25,26)/t14?,16-/m1/s1. The van der Waals surface area contributed by atoms with Crippen LogP contribution in [0.2, 0.25) is 0 Å². The minimum absolute atomic E-state index is 0.0487. The molecule has 1 unspecified atom stereocenters. The Morgan fingerprint density at radius 3 is 2.69 bits per heavy atom. The number of amides is 1. The van der Waals surface area contributed by atoms with Crippen molar-refractivity contribution in [3.05, 3.63) is 29.6 Å². The molecule has 2 aliphatic heterocycles. The summed E-state index contributed by atoms with van der Waals surface area (Å²) in [5.41, 5.74) is -0.495. The van der Waals surface area contributed by atoms with Gasteiger partial charge in [0.25, 0.3) is 0 Å². The number of likely N-dealkylation sites (tertiary alicyclic amines) is 1. The molecule has 2 aliphatic rings. The number of carboxylic acid groups (broad SMARTS) is 1. The zero-order valence-corrected chi connectivity index (χ0v) is 15.1. The summed E-state index contributed by atoms with van der Waals surface area (Å²) < 4.78 is 14.9. The van der Waals surface area contributed by atoms with Crippen molar-refractivity contribution in [1.82, 2.24) is 9.91 Å². The number of benzene rings is 1. The summed E-state index contributed by atoms with van der Waals surface area (Å²) in [7, 11) is 0. The van der Waals surface area contributed by atoms with Crippen molar-refractivity contribution in [3.8, 4) is 0 Å². The molecule has 0 saturated carbocycles. The van der Waals surface area contributed by atoms with Gasteiger partial charge in [0.15, 0.2) is 5.82 Å². The molecule has 0 aliphatic carbocycles. The molecule has 2 heterocycles. The second kappa shape index (κ2) is 7.19. The lowest BCUT2D eigenvalue weighted by atomic mass is 9.99. The lowest BCUT2D eigenvalue weighted by molar-refractivity contribution is 0.0347. The fourth-order valence-electron chi connectivity index (χ4n) is 3.85. The Labute approximate surface area is 152 Å². The van der Waals surface area contributed by atoms with E-state index in [9.17, 15) is 19.4 Å². The summed E-state index contributed by atoms with van der Waals surface area (Å²) in [6.45, 7) is 5.23. The average Bonchev–Trinajstić information content (AvgIpc) is 3.20. The van der Waals surface area contributed by atoms with Gasteiger partial charge in [-0.05, 0) is 45.6 Å². The summed E-state index contributed by atoms with van der Waals surface area (Å²) in [4.78, 5) is 12.9. The van der Waals surface area contributed by atoms with Crippen LogP contribution in [0.5, 0.6) is 0 Å². The van der Waals surface area contributed by atoms with Gasteiger partial charge in [0, 0.05) is 24.2 Å². The third-order valence-corrected chi connectivity index (χ3v) is 5.29. The molecule has 2 atom stereocenters. The van der Waals surface area contributed by atoms with Crippen molar-refractivity contribution in [2.75, 3.05) is 13.1 Å². The smallest absolute Gasteiger partial charge is 0.408 e. The predicted octanol–water partition coefficient (Wildman–Crippen LogP) is 3.87. The zero-order chi connectivity index (χ0) is 18.9. The fraction of sp³-hybridized carbons (Fsp3) is 0.611. The van der Waals surface area contributed by atoms with Crippen LogP contribution in [0.25, 0.3) is 0 Å². The molecule has 142 valence electrons. The van der Waals surface area contributed by atoms with E-state index in [2.05, 4.69) is 10.3 Å². The van der Waals surface area contributed by atoms with Crippen molar-refractivity contribution in [2.24, 2.45) is 10.3 Å². The molecule has 0 bridgehead atoms. The topological polar surface area (TPSA) is 88.7 Å². The second-order valence-electron chi connectivity index (χ2n) is 7.55. The van der Waals surface area contributed by atoms with Gasteiger partial charge in [-0.15, -0.1) is 5.11 Å². The van der Waals surface area contributed by atoms with E-state index in [0.717, 1.165) is 25.9 Å². The number of nitrogens with zero attached hydrogens (tertiary/aromatic N) is 4. The van der Waals surface area contributed by atoms with E-state index in [1.807, 2.05) is 13.8 Å². The van der Waals surface area contributed by atoms with Crippen LogP contribution in [0.3, 0.4) is 0 Å². The maximum absolute atomic E-state index is 14.9. The summed E-state index contributed by atoms with van der Waals surface area (Å²) in [5.74, 6) is -0.655. The molecule has 3 rings (SSSR count). The summed E-state index contributed by atoms with van der Waals surface area (Å²) >= 11 is 0. The van der Waals surface area contributed by atoms with E-state index in [-0.39, 0.29) is 11.3 Å². The van der Waals surface area contributed by atoms with Gasteiger partial charge in [-0.2, -0.15) is 0 Å². The Morgan fingerprint density at radius 1 is 1.35 bits per heavy atom. The summed E-state index contributed by atoms with van der Waals surface area (Å²) in [6.07, 6.45) is 0.804. The molecule has 2 N–H and O–H groups in total. The van der Waals surface area contributed by atoms with Crippen LogP contribution in [-0.4, -0.2) is 50.9 Å². The molecule has 2 saturated heterocycles. The summed E-state index contributed by atoms with van der Waals surface area (Å²) in [6, 6.07) is 3.88. The lowest BCUT2D eigenvalue weighted by Crippen LogP contribution is -2.48. The van der Waals surface area contributed by atoms with Crippen molar-refractivity contribution < 1.29 is 19.4 Å². The van der Waals surface area contributed by atoms with E-state index in [4.69, 9.17) is 0 Å². The number of hydrogen-bond acceptors (Lipinski definition) is 4. The Kier molecular flexibility index (Phi) is 5.13. The highest BCUT2D eigenvalue weighted by atomic mass is 19.1. The van der Waals surface area contributed by atoms with Gasteiger partial charge in [-0.1, -0.05) is 17.4 Å². The molecule has 1 aromatic carbocycles. The van der Waals surface area contributed by atoms with E-state index < -0.39 is 29.6 Å². The van der Waals surface area contributed by atoms with Crippen LogP contribution in [0.4, 0.5) is 14.9 Å². The number of aliphatic hydroxyl groups is 1. The molecule has 1 aromatic rings. The normalized spacial score (nSPS) is 23.8. The Hall–Kier alpha value is -2.22. The lowest BCUT2D eigenvalue weighted by Gasteiger charge is -2.35. The molecule has 0 aromatic heterocycles. The van der Waals surface area contributed by atoms with Crippen molar-refractivity contribution >= 4 is 11.8 Å². The minimum atomic E-state index is -1.25. The second-order valence-corrected chi connectivity index (χ2v) is 7.55. The third-order valence-electron chi connectivity index (χ3n) is 5.29. The number of halogens is 1. The molecule has 26 heavy (non-hydrogen) atoms. The first-order valence-corrected chi connectivity index (χ1v) is 8.96. The maximum atomic E-state index is 14.9. The molecular weight excluding hydrogens is 339 g/mol.